The molecule has 0 radical (unpaired) electrons. The van der Waals surface area contributed by atoms with Crippen molar-refractivity contribution in [3.05, 3.63) is 59.1 Å². The van der Waals surface area contributed by atoms with Crippen molar-refractivity contribution in [1.29, 1.82) is 0 Å². The Balaban J connectivity index is 1.48. The molecule has 0 spiro atoms. The predicted molar refractivity (Wildman–Crippen MR) is 108 cm³/mol. The van der Waals surface area contributed by atoms with Crippen molar-refractivity contribution in [2.75, 3.05) is 11.1 Å². The molecule has 0 aliphatic carbocycles. The second-order valence-electron chi connectivity index (χ2n) is 5.62. The number of carbonyl (C=O) groups is 1. The van der Waals surface area contributed by atoms with Crippen molar-refractivity contribution in [2.45, 2.75) is 11.5 Å². The molecule has 0 aliphatic heterocycles. The van der Waals surface area contributed by atoms with Crippen molar-refractivity contribution in [3.63, 3.8) is 0 Å². The first-order valence-corrected chi connectivity index (χ1v) is 11.4. The van der Waals surface area contributed by atoms with E-state index in [4.69, 9.17) is 5.14 Å². The lowest BCUT2D eigenvalue weighted by Crippen LogP contribution is -2.15. The van der Waals surface area contributed by atoms with Gasteiger partial charge in [0, 0.05) is 11.4 Å². The molecule has 0 fully saturated rings. The minimum atomic E-state index is -3.56. The summed E-state index contributed by atoms with van der Waals surface area (Å²) in [5.41, 5.74) is 2.18. The van der Waals surface area contributed by atoms with E-state index in [0.29, 0.717) is 22.8 Å². The van der Waals surface area contributed by atoms with Gasteiger partial charge in [-0.25, -0.2) is 18.5 Å². The molecule has 0 saturated carbocycles. The number of sulfonamides is 1. The van der Waals surface area contributed by atoms with E-state index < -0.39 is 10.0 Å². The van der Waals surface area contributed by atoms with Gasteiger partial charge >= 0.3 is 0 Å². The first kappa shape index (κ1) is 18.8. The highest BCUT2D eigenvalue weighted by Gasteiger charge is 2.08. The molecule has 0 saturated heterocycles. The third-order valence-electron chi connectivity index (χ3n) is 3.40. The number of carbonyl (C=O) groups excluding carboxylic acids is 1. The zero-order valence-electron chi connectivity index (χ0n) is 13.7. The molecule has 0 bridgehead atoms. The van der Waals surface area contributed by atoms with Crippen LogP contribution in [0.1, 0.15) is 10.6 Å². The van der Waals surface area contributed by atoms with Gasteiger partial charge in [-0.15, -0.1) is 23.1 Å². The summed E-state index contributed by atoms with van der Waals surface area (Å²) in [5.74, 6) is 0.657. The van der Waals surface area contributed by atoms with E-state index in [1.165, 1.54) is 11.8 Å². The number of primary sulfonamides is 1. The summed E-state index contributed by atoms with van der Waals surface area (Å²) in [6, 6.07) is 14.6. The lowest BCUT2D eigenvalue weighted by atomic mass is 10.2. The quantitative estimate of drug-likeness (QED) is 0.627. The molecular weight excluding hydrogens is 390 g/mol. The maximum absolute atomic E-state index is 12.0. The van der Waals surface area contributed by atoms with Crippen LogP contribution in [0.15, 0.2) is 48.5 Å². The van der Waals surface area contributed by atoms with Crippen LogP contribution in [0.3, 0.4) is 0 Å². The number of nitrogens with two attached hydrogens (primary N) is 1. The van der Waals surface area contributed by atoms with Gasteiger partial charge in [-0.2, -0.15) is 0 Å². The average molecular weight is 408 g/mol. The first-order valence-electron chi connectivity index (χ1n) is 7.70. The fraction of sp³-hybridized carbons (Fsp3) is 0.176. The molecule has 0 atom stereocenters. The predicted octanol–water partition coefficient (Wildman–Crippen LogP) is 2.96. The summed E-state index contributed by atoms with van der Waals surface area (Å²) in [6.07, 6.45) is 0. The molecule has 136 valence electrons. The van der Waals surface area contributed by atoms with Crippen molar-refractivity contribution in [2.24, 2.45) is 5.14 Å². The second kappa shape index (κ2) is 8.17. The van der Waals surface area contributed by atoms with E-state index in [1.807, 2.05) is 24.3 Å². The van der Waals surface area contributed by atoms with Crippen molar-refractivity contribution < 1.29 is 13.2 Å². The maximum Gasteiger partial charge on any atom is 0.234 e. The van der Waals surface area contributed by atoms with Gasteiger partial charge in [0.1, 0.15) is 5.01 Å². The number of thiazole rings is 1. The van der Waals surface area contributed by atoms with Crippen molar-refractivity contribution in [1.82, 2.24) is 4.98 Å². The molecule has 1 amide bonds. The molecule has 3 rings (SSSR count). The largest absolute Gasteiger partial charge is 0.325 e. The number of thioether (sulfide) groups is 1. The number of amides is 1. The molecule has 1 heterocycles. The van der Waals surface area contributed by atoms with Gasteiger partial charge in [-0.1, -0.05) is 24.3 Å². The number of fused-ring (bicyclic) bond motifs is 1. The number of nitrogens with zero attached hydrogens (tertiary/aromatic N) is 1. The second-order valence-corrected chi connectivity index (χ2v) is 9.34. The molecule has 3 N–H and O–H groups in total. The normalized spacial score (nSPS) is 11.6. The minimum Gasteiger partial charge on any atom is -0.325 e. The Hall–Kier alpha value is -1.94. The fourth-order valence-corrected chi connectivity index (χ4v) is 4.83. The van der Waals surface area contributed by atoms with Gasteiger partial charge < -0.3 is 5.32 Å². The summed E-state index contributed by atoms with van der Waals surface area (Å²) >= 11 is 3.14. The van der Waals surface area contributed by atoms with E-state index in [9.17, 15) is 13.2 Å². The number of para-hydroxylation sites is 1. The van der Waals surface area contributed by atoms with Crippen molar-refractivity contribution >= 4 is 54.9 Å². The monoisotopic (exact) mass is 407 g/mol. The standard InChI is InChI=1S/C17H17N3O3S3/c18-26(22,23)11-12-5-7-13(8-6-12)19-16(21)9-24-10-17-20-14-3-1-2-4-15(14)25-17/h1-8H,9-11H2,(H,19,21)(H2,18,22,23). The van der Waals surface area contributed by atoms with E-state index >= 15 is 0 Å². The molecule has 26 heavy (non-hydrogen) atoms. The number of hydrogen-bond donors (Lipinski definition) is 2. The Morgan fingerprint density at radius 2 is 1.88 bits per heavy atom. The Bertz CT molecular complexity index is 981. The molecule has 0 unspecified atom stereocenters. The molecule has 6 nitrogen and oxygen atoms in total. The highest BCUT2D eigenvalue weighted by atomic mass is 32.2. The maximum atomic E-state index is 12.0. The summed E-state index contributed by atoms with van der Waals surface area (Å²) in [6.45, 7) is 0. The lowest BCUT2D eigenvalue weighted by molar-refractivity contribution is -0.113. The average Bonchev–Trinajstić information content (AvgIpc) is 2.98. The van der Waals surface area contributed by atoms with Crippen LogP contribution in [0, 0.1) is 0 Å². The highest BCUT2D eigenvalue weighted by molar-refractivity contribution is 7.99. The van der Waals surface area contributed by atoms with Gasteiger partial charge in [0.05, 0.1) is 21.7 Å². The third kappa shape index (κ3) is 5.53. The highest BCUT2D eigenvalue weighted by Crippen LogP contribution is 2.24. The third-order valence-corrected chi connectivity index (χ3v) is 6.30. The number of nitrogens with one attached hydrogen (secondary N) is 1. The number of aromatic nitrogens is 1. The Morgan fingerprint density at radius 3 is 2.58 bits per heavy atom. The summed E-state index contributed by atoms with van der Waals surface area (Å²) in [7, 11) is -3.56. The zero-order valence-corrected chi connectivity index (χ0v) is 16.2. The van der Waals surface area contributed by atoms with Gasteiger partial charge in [0.25, 0.3) is 0 Å². The van der Waals surface area contributed by atoms with Crippen LogP contribution in [0.2, 0.25) is 0 Å². The number of hydrogen-bond acceptors (Lipinski definition) is 6. The van der Waals surface area contributed by atoms with Crippen LogP contribution in [0.4, 0.5) is 5.69 Å². The zero-order chi connectivity index (χ0) is 18.6. The van der Waals surface area contributed by atoms with E-state index in [2.05, 4.69) is 10.3 Å². The Morgan fingerprint density at radius 1 is 1.15 bits per heavy atom. The molecule has 0 aliphatic rings. The summed E-state index contributed by atoms with van der Waals surface area (Å²) in [4.78, 5) is 16.6. The number of rotatable bonds is 7. The SMILES string of the molecule is NS(=O)(=O)Cc1ccc(NC(=O)CSCc2nc3ccccc3s2)cc1. The van der Waals surface area contributed by atoms with Gasteiger partial charge in [-0.05, 0) is 29.8 Å². The van der Waals surface area contributed by atoms with Crippen LogP contribution >= 0.6 is 23.1 Å². The van der Waals surface area contributed by atoms with Crippen LogP contribution in [0.5, 0.6) is 0 Å². The number of benzene rings is 2. The summed E-state index contributed by atoms with van der Waals surface area (Å²) < 4.78 is 23.3. The van der Waals surface area contributed by atoms with Crippen LogP contribution in [0.25, 0.3) is 10.2 Å². The Labute approximate surface area is 159 Å². The van der Waals surface area contributed by atoms with Gasteiger partial charge in [0.2, 0.25) is 15.9 Å². The topological polar surface area (TPSA) is 102 Å². The van der Waals surface area contributed by atoms with E-state index in [1.54, 1.807) is 35.6 Å². The summed E-state index contributed by atoms with van der Waals surface area (Å²) in [5, 5.41) is 8.79. The number of anilines is 1. The van der Waals surface area contributed by atoms with Gasteiger partial charge in [0.15, 0.2) is 0 Å². The van der Waals surface area contributed by atoms with Crippen LogP contribution < -0.4 is 10.5 Å². The minimum absolute atomic E-state index is 0.115. The van der Waals surface area contributed by atoms with Gasteiger partial charge in [-0.3, -0.25) is 4.79 Å². The Kier molecular flexibility index (Phi) is 5.92. The smallest absolute Gasteiger partial charge is 0.234 e. The van der Waals surface area contributed by atoms with E-state index in [0.717, 1.165) is 15.2 Å². The van der Waals surface area contributed by atoms with E-state index in [-0.39, 0.29) is 11.7 Å². The molecule has 3 aromatic rings. The fourth-order valence-electron chi connectivity index (χ4n) is 2.33. The molecule has 9 heteroatoms. The van der Waals surface area contributed by atoms with Crippen molar-refractivity contribution in [3.8, 4) is 0 Å². The first-order chi connectivity index (χ1) is 12.4. The van der Waals surface area contributed by atoms with Crippen LogP contribution in [-0.4, -0.2) is 25.1 Å². The van der Waals surface area contributed by atoms with Crippen LogP contribution in [-0.2, 0) is 26.3 Å². The molecule has 1 aromatic heterocycles. The molecule has 2 aromatic carbocycles. The molecular formula is C17H17N3O3S3. The lowest BCUT2D eigenvalue weighted by Gasteiger charge is -2.06.